The monoisotopic (exact) mass is 273 g/mol. The van der Waals surface area contributed by atoms with E-state index < -0.39 is 11.4 Å². The molecule has 1 N–H and O–H groups in total. The Balaban J connectivity index is 1.93. The van der Waals surface area contributed by atoms with Crippen molar-refractivity contribution in [3.63, 3.8) is 0 Å². The van der Waals surface area contributed by atoms with Gasteiger partial charge in [0.05, 0.1) is 5.41 Å². The number of benzene rings is 1. The van der Waals surface area contributed by atoms with Crippen LogP contribution >= 0.6 is 0 Å². The third-order valence-corrected chi connectivity index (χ3v) is 4.90. The van der Waals surface area contributed by atoms with Gasteiger partial charge in [-0.05, 0) is 37.8 Å². The van der Waals surface area contributed by atoms with Gasteiger partial charge in [-0.15, -0.1) is 0 Å². The predicted octanol–water partition coefficient (Wildman–Crippen LogP) is 2.33. The van der Waals surface area contributed by atoms with E-state index in [-0.39, 0.29) is 11.9 Å². The molecule has 1 saturated carbocycles. The van der Waals surface area contributed by atoms with Crippen LogP contribution in [0, 0.1) is 5.41 Å². The molecule has 2 atom stereocenters. The Hall–Kier alpha value is -1.84. The van der Waals surface area contributed by atoms with Crippen molar-refractivity contribution in [3.8, 4) is 0 Å². The molecule has 1 heterocycles. The standard InChI is InChI=1S/C16H19NO3/c1-16(15(19)20)9-4-7-13(16)17-10-8-11-5-2-3-6-12(11)14(17)18/h2-3,5-6,13H,4,7-10H2,1H3,(H,19,20). The maximum atomic E-state index is 12.6. The summed E-state index contributed by atoms with van der Waals surface area (Å²) in [4.78, 5) is 26.0. The van der Waals surface area contributed by atoms with Crippen molar-refractivity contribution < 1.29 is 14.7 Å². The van der Waals surface area contributed by atoms with Gasteiger partial charge in [-0.3, -0.25) is 9.59 Å². The highest BCUT2D eigenvalue weighted by molar-refractivity contribution is 5.97. The molecule has 2 aliphatic rings. The van der Waals surface area contributed by atoms with Gasteiger partial charge >= 0.3 is 5.97 Å². The summed E-state index contributed by atoms with van der Waals surface area (Å²) in [5.74, 6) is -0.794. The fourth-order valence-corrected chi connectivity index (χ4v) is 3.64. The number of rotatable bonds is 2. The molecule has 2 unspecified atom stereocenters. The lowest BCUT2D eigenvalue weighted by atomic mass is 9.82. The first-order chi connectivity index (χ1) is 9.54. The van der Waals surface area contributed by atoms with E-state index in [9.17, 15) is 14.7 Å². The summed E-state index contributed by atoms with van der Waals surface area (Å²) in [6.45, 7) is 2.41. The van der Waals surface area contributed by atoms with Gasteiger partial charge in [0.25, 0.3) is 5.91 Å². The van der Waals surface area contributed by atoms with Crippen LogP contribution in [0.15, 0.2) is 24.3 Å². The van der Waals surface area contributed by atoms with Crippen LogP contribution in [0.1, 0.15) is 42.1 Å². The number of carboxylic acid groups (broad SMARTS) is 1. The van der Waals surface area contributed by atoms with Crippen LogP contribution in [0.2, 0.25) is 0 Å². The number of carbonyl (C=O) groups is 2. The molecule has 0 spiro atoms. The van der Waals surface area contributed by atoms with Gasteiger partial charge in [-0.1, -0.05) is 24.6 Å². The molecular formula is C16H19NO3. The van der Waals surface area contributed by atoms with Crippen molar-refractivity contribution >= 4 is 11.9 Å². The smallest absolute Gasteiger partial charge is 0.311 e. The van der Waals surface area contributed by atoms with E-state index >= 15 is 0 Å². The first-order valence-electron chi connectivity index (χ1n) is 7.16. The van der Waals surface area contributed by atoms with Crippen molar-refractivity contribution in [2.45, 2.75) is 38.6 Å². The molecule has 20 heavy (non-hydrogen) atoms. The zero-order valence-electron chi connectivity index (χ0n) is 11.6. The summed E-state index contributed by atoms with van der Waals surface area (Å²) in [7, 11) is 0. The van der Waals surface area contributed by atoms with E-state index in [0.717, 1.165) is 30.4 Å². The zero-order chi connectivity index (χ0) is 14.3. The number of carbonyl (C=O) groups excluding carboxylic acids is 1. The third kappa shape index (κ3) is 1.82. The molecule has 0 aromatic heterocycles. The van der Waals surface area contributed by atoms with Gasteiger partial charge in [0.2, 0.25) is 0 Å². The number of fused-ring (bicyclic) bond motifs is 1. The largest absolute Gasteiger partial charge is 0.481 e. The third-order valence-electron chi connectivity index (χ3n) is 4.90. The van der Waals surface area contributed by atoms with E-state index in [4.69, 9.17) is 0 Å². The molecule has 0 bridgehead atoms. The molecule has 1 aromatic rings. The Labute approximate surface area is 118 Å². The second-order valence-corrected chi connectivity index (χ2v) is 6.04. The van der Waals surface area contributed by atoms with Gasteiger partial charge in [0, 0.05) is 18.2 Å². The number of carboxylic acids is 1. The Morgan fingerprint density at radius 2 is 2.15 bits per heavy atom. The van der Waals surface area contributed by atoms with E-state index in [1.807, 2.05) is 24.3 Å². The summed E-state index contributed by atoms with van der Waals surface area (Å²) < 4.78 is 0. The number of hydrogen-bond donors (Lipinski definition) is 1. The molecule has 1 amide bonds. The minimum Gasteiger partial charge on any atom is -0.481 e. The Morgan fingerprint density at radius 1 is 1.40 bits per heavy atom. The highest BCUT2D eigenvalue weighted by Gasteiger charge is 2.49. The Kier molecular flexibility index (Phi) is 3.04. The van der Waals surface area contributed by atoms with Crippen molar-refractivity contribution in [2.24, 2.45) is 5.41 Å². The lowest BCUT2D eigenvalue weighted by molar-refractivity contribution is -0.150. The molecule has 0 saturated heterocycles. The van der Waals surface area contributed by atoms with Crippen molar-refractivity contribution in [1.82, 2.24) is 4.90 Å². The normalized spacial score (nSPS) is 29.4. The zero-order valence-corrected chi connectivity index (χ0v) is 11.6. The summed E-state index contributed by atoms with van der Waals surface area (Å²) in [6, 6.07) is 7.46. The molecule has 106 valence electrons. The summed E-state index contributed by atoms with van der Waals surface area (Å²) in [5, 5.41) is 9.52. The van der Waals surface area contributed by atoms with Crippen LogP contribution in [-0.2, 0) is 11.2 Å². The van der Waals surface area contributed by atoms with Gasteiger partial charge in [0.15, 0.2) is 0 Å². The Bertz CT molecular complexity index is 569. The average Bonchev–Trinajstić information content (AvgIpc) is 2.83. The van der Waals surface area contributed by atoms with E-state index in [0.29, 0.717) is 13.0 Å². The van der Waals surface area contributed by atoms with E-state index in [1.54, 1.807) is 11.8 Å². The molecular weight excluding hydrogens is 254 g/mol. The second-order valence-electron chi connectivity index (χ2n) is 6.04. The summed E-state index contributed by atoms with van der Waals surface area (Å²) >= 11 is 0. The molecule has 1 fully saturated rings. The SMILES string of the molecule is CC1(C(=O)O)CCCC1N1CCc2ccccc2C1=O. The molecule has 1 aliphatic heterocycles. The molecule has 1 aliphatic carbocycles. The van der Waals surface area contributed by atoms with Gasteiger partial charge in [-0.2, -0.15) is 0 Å². The van der Waals surface area contributed by atoms with Gasteiger partial charge < -0.3 is 10.0 Å². The summed E-state index contributed by atoms with van der Waals surface area (Å²) in [5.41, 5.74) is 1.00. The van der Waals surface area contributed by atoms with Crippen molar-refractivity contribution in [3.05, 3.63) is 35.4 Å². The van der Waals surface area contributed by atoms with Crippen LogP contribution in [0.25, 0.3) is 0 Å². The highest BCUT2D eigenvalue weighted by Crippen LogP contribution is 2.42. The maximum Gasteiger partial charge on any atom is 0.311 e. The molecule has 3 rings (SSSR count). The van der Waals surface area contributed by atoms with E-state index in [1.165, 1.54) is 0 Å². The van der Waals surface area contributed by atoms with Gasteiger partial charge in [0.1, 0.15) is 0 Å². The predicted molar refractivity (Wildman–Crippen MR) is 74.6 cm³/mol. The van der Waals surface area contributed by atoms with Crippen LogP contribution < -0.4 is 0 Å². The highest BCUT2D eigenvalue weighted by atomic mass is 16.4. The lowest BCUT2D eigenvalue weighted by Crippen LogP contribution is -2.52. The summed E-state index contributed by atoms with van der Waals surface area (Å²) in [6.07, 6.45) is 3.13. The molecule has 0 radical (unpaired) electrons. The van der Waals surface area contributed by atoms with E-state index in [2.05, 4.69) is 0 Å². The maximum absolute atomic E-state index is 12.6. The minimum absolute atomic E-state index is 0.00812. The first-order valence-corrected chi connectivity index (χ1v) is 7.16. The van der Waals surface area contributed by atoms with Crippen LogP contribution in [0.4, 0.5) is 0 Å². The number of aliphatic carboxylic acids is 1. The molecule has 1 aromatic carbocycles. The van der Waals surface area contributed by atoms with Crippen LogP contribution in [-0.4, -0.2) is 34.5 Å². The average molecular weight is 273 g/mol. The van der Waals surface area contributed by atoms with Crippen LogP contribution in [0.3, 0.4) is 0 Å². The molecule has 4 heteroatoms. The fourth-order valence-electron chi connectivity index (χ4n) is 3.64. The second kappa shape index (κ2) is 4.62. The fraction of sp³-hybridized carbons (Fsp3) is 0.500. The van der Waals surface area contributed by atoms with Crippen LogP contribution in [0.5, 0.6) is 0 Å². The van der Waals surface area contributed by atoms with Crippen molar-refractivity contribution in [2.75, 3.05) is 6.54 Å². The Morgan fingerprint density at radius 3 is 2.90 bits per heavy atom. The first kappa shape index (κ1) is 13.2. The van der Waals surface area contributed by atoms with Crippen molar-refractivity contribution in [1.29, 1.82) is 0 Å². The number of amides is 1. The van der Waals surface area contributed by atoms with Gasteiger partial charge in [-0.25, -0.2) is 0 Å². The number of nitrogens with zero attached hydrogens (tertiary/aromatic N) is 1. The molecule has 4 nitrogen and oxygen atoms in total. The quantitative estimate of drug-likeness (QED) is 0.899. The number of hydrogen-bond acceptors (Lipinski definition) is 2. The minimum atomic E-state index is -0.804. The lowest BCUT2D eigenvalue weighted by Gasteiger charge is -2.39. The topological polar surface area (TPSA) is 57.6 Å².